The van der Waals surface area contributed by atoms with E-state index in [1.54, 1.807) is 13.1 Å². The van der Waals surface area contributed by atoms with E-state index in [0.717, 1.165) is 25.1 Å². The van der Waals surface area contributed by atoms with Gasteiger partial charge in [0, 0.05) is 18.6 Å². The van der Waals surface area contributed by atoms with Crippen LogP contribution in [0.2, 0.25) is 5.02 Å². The first-order chi connectivity index (χ1) is 9.47. The van der Waals surface area contributed by atoms with E-state index in [2.05, 4.69) is 12.2 Å². The third kappa shape index (κ3) is 5.79. The van der Waals surface area contributed by atoms with Gasteiger partial charge in [0.25, 0.3) is 0 Å². The van der Waals surface area contributed by atoms with Crippen LogP contribution >= 0.6 is 11.6 Å². The number of hydrogen-bond donors (Lipinski definition) is 1. The topological polar surface area (TPSA) is 49.4 Å². The van der Waals surface area contributed by atoms with E-state index in [0.29, 0.717) is 18.0 Å². The predicted octanol–water partition coefficient (Wildman–Crippen LogP) is 2.49. The fourth-order valence-corrected chi connectivity index (χ4v) is 3.15. The molecule has 1 aromatic carbocycles. The average molecular weight is 319 g/mol. The zero-order chi connectivity index (χ0) is 15.0. The summed E-state index contributed by atoms with van der Waals surface area (Å²) in [6, 6.07) is 7.30. The number of rotatable bonds is 9. The highest BCUT2D eigenvalue weighted by atomic mass is 35.5. The molecule has 0 saturated heterocycles. The lowest BCUT2D eigenvalue weighted by atomic mass is 10.2. The van der Waals surface area contributed by atoms with Crippen molar-refractivity contribution in [3.05, 3.63) is 34.9 Å². The van der Waals surface area contributed by atoms with Crippen LogP contribution in [0.25, 0.3) is 0 Å². The molecule has 0 fully saturated rings. The SMILES string of the molecule is CCCNCCCS(=O)(=O)N(C)Cc1ccccc1Cl. The van der Waals surface area contributed by atoms with Crippen LogP contribution in [-0.4, -0.2) is 38.6 Å². The summed E-state index contributed by atoms with van der Waals surface area (Å²) in [4.78, 5) is 0. The second-order valence-corrected chi connectivity index (χ2v) is 7.37. The van der Waals surface area contributed by atoms with Crippen molar-refractivity contribution in [1.82, 2.24) is 9.62 Å². The minimum atomic E-state index is -3.23. The summed E-state index contributed by atoms with van der Waals surface area (Å²) >= 11 is 6.05. The van der Waals surface area contributed by atoms with Gasteiger partial charge in [0.05, 0.1) is 5.75 Å². The van der Waals surface area contributed by atoms with Crippen molar-refractivity contribution in [2.75, 3.05) is 25.9 Å². The molecular weight excluding hydrogens is 296 g/mol. The third-order valence-corrected chi connectivity index (χ3v) is 5.26. The predicted molar refractivity (Wildman–Crippen MR) is 84.5 cm³/mol. The maximum absolute atomic E-state index is 12.1. The molecule has 0 aliphatic rings. The Morgan fingerprint density at radius 3 is 2.60 bits per heavy atom. The highest BCUT2D eigenvalue weighted by molar-refractivity contribution is 7.89. The van der Waals surface area contributed by atoms with Crippen LogP contribution in [0, 0.1) is 0 Å². The Bertz CT molecular complexity index is 506. The molecule has 1 N–H and O–H groups in total. The van der Waals surface area contributed by atoms with E-state index in [1.165, 1.54) is 4.31 Å². The summed E-state index contributed by atoms with van der Waals surface area (Å²) in [6.45, 7) is 4.05. The Kier molecular flexibility index (Phi) is 7.51. The molecule has 0 aliphatic carbocycles. The lowest BCUT2D eigenvalue weighted by Gasteiger charge is -2.18. The summed E-state index contributed by atoms with van der Waals surface area (Å²) in [6.07, 6.45) is 1.67. The molecular formula is C14H23ClN2O2S. The van der Waals surface area contributed by atoms with Crippen LogP contribution < -0.4 is 5.32 Å². The van der Waals surface area contributed by atoms with Gasteiger partial charge in [0.2, 0.25) is 10.0 Å². The van der Waals surface area contributed by atoms with Crippen LogP contribution in [0.1, 0.15) is 25.3 Å². The van der Waals surface area contributed by atoms with Gasteiger partial charge in [0.1, 0.15) is 0 Å². The lowest BCUT2D eigenvalue weighted by Crippen LogP contribution is -2.30. The Hall–Kier alpha value is -0.620. The molecule has 0 unspecified atom stereocenters. The van der Waals surface area contributed by atoms with Gasteiger partial charge in [0.15, 0.2) is 0 Å². The van der Waals surface area contributed by atoms with Crippen molar-refractivity contribution in [2.45, 2.75) is 26.3 Å². The van der Waals surface area contributed by atoms with Crippen molar-refractivity contribution >= 4 is 21.6 Å². The molecule has 114 valence electrons. The van der Waals surface area contributed by atoms with E-state index in [4.69, 9.17) is 11.6 Å². The molecule has 0 heterocycles. The normalized spacial score (nSPS) is 12.0. The highest BCUT2D eigenvalue weighted by Gasteiger charge is 2.18. The molecule has 0 bridgehead atoms. The molecule has 1 rings (SSSR count). The quantitative estimate of drug-likeness (QED) is 0.712. The van der Waals surface area contributed by atoms with Gasteiger partial charge in [-0.05, 0) is 37.6 Å². The largest absolute Gasteiger partial charge is 0.317 e. The Morgan fingerprint density at radius 1 is 1.25 bits per heavy atom. The molecule has 1 aromatic rings. The number of benzene rings is 1. The Balaban J connectivity index is 2.48. The van der Waals surface area contributed by atoms with Gasteiger partial charge >= 0.3 is 0 Å². The lowest BCUT2D eigenvalue weighted by molar-refractivity contribution is 0.464. The molecule has 0 atom stereocenters. The van der Waals surface area contributed by atoms with Crippen LogP contribution in [-0.2, 0) is 16.6 Å². The van der Waals surface area contributed by atoms with E-state index in [9.17, 15) is 8.42 Å². The number of nitrogens with zero attached hydrogens (tertiary/aromatic N) is 1. The molecule has 0 amide bonds. The van der Waals surface area contributed by atoms with Crippen molar-refractivity contribution in [3.8, 4) is 0 Å². The van der Waals surface area contributed by atoms with Crippen molar-refractivity contribution in [3.63, 3.8) is 0 Å². The monoisotopic (exact) mass is 318 g/mol. The summed E-state index contributed by atoms with van der Waals surface area (Å²) in [5.74, 6) is 0.157. The van der Waals surface area contributed by atoms with Gasteiger partial charge in [-0.25, -0.2) is 12.7 Å². The Labute approximate surface area is 127 Å². The van der Waals surface area contributed by atoms with Crippen molar-refractivity contribution < 1.29 is 8.42 Å². The molecule has 0 spiro atoms. The minimum Gasteiger partial charge on any atom is -0.317 e. The summed E-state index contributed by atoms with van der Waals surface area (Å²) in [5, 5.41) is 3.80. The van der Waals surface area contributed by atoms with Gasteiger partial charge in [-0.2, -0.15) is 0 Å². The van der Waals surface area contributed by atoms with Crippen LogP contribution in [0.15, 0.2) is 24.3 Å². The van der Waals surface area contributed by atoms with Gasteiger partial charge in [-0.1, -0.05) is 36.7 Å². The Morgan fingerprint density at radius 2 is 1.95 bits per heavy atom. The van der Waals surface area contributed by atoms with E-state index < -0.39 is 10.0 Å². The summed E-state index contributed by atoms with van der Waals surface area (Å²) in [7, 11) is -1.63. The molecule has 0 aromatic heterocycles. The average Bonchev–Trinajstić information content (AvgIpc) is 2.41. The second kappa shape index (κ2) is 8.62. The molecule has 6 heteroatoms. The van der Waals surface area contributed by atoms with Crippen LogP contribution in [0.3, 0.4) is 0 Å². The second-order valence-electron chi connectivity index (χ2n) is 4.77. The number of halogens is 1. The fraction of sp³-hybridized carbons (Fsp3) is 0.571. The number of sulfonamides is 1. The summed E-state index contributed by atoms with van der Waals surface area (Å²) in [5.41, 5.74) is 0.823. The van der Waals surface area contributed by atoms with Gasteiger partial charge in [-0.3, -0.25) is 0 Å². The van der Waals surface area contributed by atoms with Crippen LogP contribution in [0.4, 0.5) is 0 Å². The maximum Gasteiger partial charge on any atom is 0.214 e. The molecule has 4 nitrogen and oxygen atoms in total. The minimum absolute atomic E-state index is 0.157. The number of nitrogens with one attached hydrogen (secondary N) is 1. The summed E-state index contributed by atoms with van der Waals surface area (Å²) < 4.78 is 25.6. The zero-order valence-corrected chi connectivity index (χ0v) is 13.7. The van der Waals surface area contributed by atoms with Crippen molar-refractivity contribution in [2.24, 2.45) is 0 Å². The molecule has 0 aliphatic heterocycles. The zero-order valence-electron chi connectivity index (χ0n) is 12.1. The van der Waals surface area contributed by atoms with Gasteiger partial charge in [-0.15, -0.1) is 0 Å². The highest BCUT2D eigenvalue weighted by Crippen LogP contribution is 2.17. The molecule has 20 heavy (non-hydrogen) atoms. The fourth-order valence-electron chi connectivity index (χ4n) is 1.80. The van der Waals surface area contributed by atoms with E-state index in [1.807, 2.05) is 18.2 Å². The first-order valence-corrected chi connectivity index (χ1v) is 8.84. The standard InChI is InChI=1S/C14H23ClN2O2S/c1-3-9-16-10-6-11-20(18,19)17(2)12-13-7-4-5-8-14(13)15/h4-5,7-8,16H,3,6,9-12H2,1-2H3. The van der Waals surface area contributed by atoms with E-state index in [-0.39, 0.29) is 5.75 Å². The third-order valence-electron chi connectivity index (χ3n) is 3.01. The maximum atomic E-state index is 12.1. The van der Waals surface area contributed by atoms with E-state index >= 15 is 0 Å². The first kappa shape index (κ1) is 17.4. The first-order valence-electron chi connectivity index (χ1n) is 6.85. The van der Waals surface area contributed by atoms with Gasteiger partial charge < -0.3 is 5.32 Å². The van der Waals surface area contributed by atoms with Crippen molar-refractivity contribution in [1.29, 1.82) is 0 Å². The molecule has 0 saturated carbocycles. The number of hydrogen-bond acceptors (Lipinski definition) is 3. The molecule has 0 radical (unpaired) electrons. The smallest absolute Gasteiger partial charge is 0.214 e. The van der Waals surface area contributed by atoms with Crippen LogP contribution in [0.5, 0.6) is 0 Å².